The summed E-state index contributed by atoms with van der Waals surface area (Å²) in [6, 6.07) is 10.9. The Morgan fingerprint density at radius 3 is 2.63 bits per heavy atom. The van der Waals surface area contributed by atoms with Gasteiger partial charge in [-0.25, -0.2) is 4.98 Å². The van der Waals surface area contributed by atoms with Gasteiger partial charge < -0.3 is 14.2 Å². The van der Waals surface area contributed by atoms with Crippen LogP contribution >= 0.6 is 23.2 Å². The van der Waals surface area contributed by atoms with Crippen LogP contribution in [0.1, 0.15) is 42.4 Å². The largest absolute Gasteiger partial charge is 0.496 e. The average Bonchev–Trinajstić information content (AvgIpc) is 3.49. The monoisotopic (exact) mass is 445 g/mol. The number of hydrogen-bond donors (Lipinski definition) is 0. The van der Waals surface area contributed by atoms with Crippen molar-refractivity contribution in [1.82, 2.24) is 14.5 Å². The highest BCUT2D eigenvalue weighted by Crippen LogP contribution is 2.32. The number of carbonyl (C=O) groups excluding carboxylic acids is 1. The molecular weight excluding hydrogens is 421 g/mol. The molecule has 30 heavy (non-hydrogen) atoms. The molecule has 1 saturated carbocycles. The lowest BCUT2D eigenvalue weighted by atomic mass is 10.1. The Labute approximate surface area is 186 Å². The van der Waals surface area contributed by atoms with Crippen molar-refractivity contribution in [2.75, 3.05) is 13.7 Å². The maximum atomic E-state index is 13.5. The van der Waals surface area contributed by atoms with E-state index in [2.05, 4.69) is 11.5 Å². The summed E-state index contributed by atoms with van der Waals surface area (Å²) in [5.74, 6) is 1.84. The van der Waals surface area contributed by atoms with Gasteiger partial charge in [0.2, 0.25) is 0 Å². The van der Waals surface area contributed by atoms with Gasteiger partial charge >= 0.3 is 0 Å². The van der Waals surface area contributed by atoms with E-state index in [0.717, 1.165) is 42.7 Å². The van der Waals surface area contributed by atoms with Crippen molar-refractivity contribution in [2.24, 2.45) is 5.92 Å². The quantitative estimate of drug-likeness (QED) is 0.439. The standard InChI is InChI=1S/C23H25Cl2N3O2/c1-3-10-28-20-12-17(25)6-8-19(20)26-22(28)14-27(13-15-4-5-15)23(29)18-11-16(24)7-9-21(18)30-2/h6-9,11-12,15H,3-5,10,13-14H2,1-2H3. The zero-order valence-corrected chi connectivity index (χ0v) is 18.7. The van der Waals surface area contributed by atoms with Crippen LogP contribution in [0.5, 0.6) is 5.75 Å². The molecule has 1 heterocycles. The van der Waals surface area contributed by atoms with Gasteiger partial charge in [0.25, 0.3) is 5.91 Å². The van der Waals surface area contributed by atoms with Crippen molar-refractivity contribution in [3.63, 3.8) is 0 Å². The average molecular weight is 446 g/mol. The number of nitrogens with zero attached hydrogens (tertiary/aromatic N) is 3. The van der Waals surface area contributed by atoms with Crippen molar-refractivity contribution in [3.8, 4) is 5.75 Å². The minimum absolute atomic E-state index is 0.0885. The van der Waals surface area contributed by atoms with Crippen LogP contribution in [0.4, 0.5) is 0 Å². The molecule has 5 nitrogen and oxygen atoms in total. The SMILES string of the molecule is CCCn1c(CN(CC2CC2)C(=O)c2cc(Cl)ccc2OC)nc2ccc(Cl)cc21. The molecule has 7 heteroatoms. The Morgan fingerprint density at radius 1 is 1.20 bits per heavy atom. The summed E-state index contributed by atoms with van der Waals surface area (Å²) >= 11 is 12.4. The predicted octanol–water partition coefficient (Wildman–Crippen LogP) is 5.81. The number of aryl methyl sites for hydroxylation is 1. The van der Waals surface area contributed by atoms with Crippen molar-refractivity contribution in [1.29, 1.82) is 0 Å². The molecule has 1 aliphatic carbocycles. The van der Waals surface area contributed by atoms with Gasteiger partial charge in [0.1, 0.15) is 11.6 Å². The van der Waals surface area contributed by atoms with Crippen molar-refractivity contribution in [3.05, 3.63) is 57.8 Å². The van der Waals surface area contributed by atoms with Crippen LogP contribution in [0.3, 0.4) is 0 Å². The van der Waals surface area contributed by atoms with Gasteiger partial charge in [-0.2, -0.15) is 0 Å². The third kappa shape index (κ3) is 4.42. The molecule has 0 saturated heterocycles. The second kappa shape index (κ2) is 8.86. The summed E-state index contributed by atoms with van der Waals surface area (Å²) in [5.41, 5.74) is 2.37. The molecule has 158 valence electrons. The number of imidazole rings is 1. The van der Waals surface area contributed by atoms with Crippen molar-refractivity contribution >= 4 is 40.1 Å². The summed E-state index contributed by atoms with van der Waals surface area (Å²) in [6.45, 7) is 4.07. The molecule has 1 fully saturated rings. The second-order valence-corrected chi connectivity index (χ2v) is 8.66. The molecule has 0 aliphatic heterocycles. The molecule has 1 amide bonds. The van der Waals surface area contributed by atoms with Crippen molar-refractivity contribution < 1.29 is 9.53 Å². The van der Waals surface area contributed by atoms with Crippen LogP contribution in [0.15, 0.2) is 36.4 Å². The smallest absolute Gasteiger partial charge is 0.258 e. The minimum atomic E-state index is -0.0885. The number of rotatable bonds is 8. The molecule has 1 aromatic heterocycles. The summed E-state index contributed by atoms with van der Waals surface area (Å²) < 4.78 is 7.59. The van der Waals surface area contributed by atoms with E-state index in [4.69, 9.17) is 32.9 Å². The van der Waals surface area contributed by atoms with E-state index >= 15 is 0 Å². The molecule has 0 unspecified atom stereocenters. The first-order chi connectivity index (χ1) is 14.5. The van der Waals surface area contributed by atoms with E-state index in [1.165, 1.54) is 0 Å². The van der Waals surface area contributed by atoms with E-state index in [9.17, 15) is 4.79 Å². The molecule has 0 N–H and O–H groups in total. The third-order valence-corrected chi connectivity index (χ3v) is 5.89. The lowest BCUT2D eigenvalue weighted by Crippen LogP contribution is -2.34. The summed E-state index contributed by atoms with van der Waals surface area (Å²) in [7, 11) is 1.57. The zero-order valence-electron chi connectivity index (χ0n) is 17.2. The normalized spacial score (nSPS) is 13.6. The number of methoxy groups -OCH3 is 1. The van der Waals surface area contributed by atoms with E-state index < -0.39 is 0 Å². The summed E-state index contributed by atoms with van der Waals surface area (Å²) in [5, 5.41) is 1.19. The number of carbonyl (C=O) groups is 1. The van der Waals surface area contributed by atoms with Crippen molar-refractivity contribution in [2.45, 2.75) is 39.3 Å². The van der Waals surface area contributed by atoms with Gasteiger partial charge in [0.05, 0.1) is 30.3 Å². The fraction of sp³-hybridized carbons (Fsp3) is 0.391. The topological polar surface area (TPSA) is 47.4 Å². The minimum Gasteiger partial charge on any atom is -0.496 e. The highest BCUT2D eigenvalue weighted by Gasteiger charge is 2.30. The number of ether oxygens (including phenoxy) is 1. The van der Waals surface area contributed by atoms with E-state index in [1.807, 2.05) is 23.1 Å². The molecule has 2 aromatic carbocycles. The van der Waals surface area contributed by atoms with Crippen LogP contribution in [0.25, 0.3) is 11.0 Å². The van der Waals surface area contributed by atoms with Crippen LogP contribution < -0.4 is 4.74 Å². The number of hydrogen-bond acceptors (Lipinski definition) is 3. The van der Waals surface area contributed by atoms with Gasteiger partial charge in [-0.1, -0.05) is 30.1 Å². The Bertz CT molecular complexity index is 1080. The molecule has 3 aromatic rings. The first kappa shape index (κ1) is 21.0. The number of halogens is 2. The lowest BCUT2D eigenvalue weighted by molar-refractivity contribution is 0.0725. The van der Waals surface area contributed by atoms with Crippen LogP contribution in [0, 0.1) is 5.92 Å². The summed E-state index contributed by atoms with van der Waals surface area (Å²) in [4.78, 5) is 20.2. The Morgan fingerprint density at radius 2 is 1.93 bits per heavy atom. The number of aromatic nitrogens is 2. The number of amides is 1. The third-order valence-electron chi connectivity index (χ3n) is 5.42. The fourth-order valence-electron chi connectivity index (χ4n) is 3.76. The Balaban J connectivity index is 1.71. The number of fused-ring (bicyclic) bond motifs is 1. The zero-order chi connectivity index (χ0) is 21.3. The number of benzene rings is 2. The molecule has 1 aliphatic rings. The van der Waals surface area contributed by atoms with Gasteiger partial charge in [-0.05, 0) is 61.6 Å². The molecule has 0 bridgehead atoms. The van der Waals surface area contributed by atoms with Crippen LogP contribution in [-0.2, 0) is 13.1 Å². The maximum absolute atomic E-state index is 13.5. The molecule has 0 atom stereocenters. The van der Waals surface area contributed by atoms with Gasteiger partial charge in [0.15, 0.2) is 0 Å². The lowest BCUT2D eigenvalue weighted by Gasteiger charge is -2.24. The highest BCUT2D eigenvalue weighted by atomic mass is 35.5. The van der Waals surface area contributed by atoms with E-state index in [1.54, 1.807) is 25.3 Å². The second-order valence-electron chi connectivity index (χ2n) is 7.79. The molecule has 4 rings (SSSR count). The maximum Gasteiger partial charge on any atom is 0.258 e. The molecule has 0 spiro atoms. The first-order valence-electron chi connectivity index (χ1n) is 10.3. The predicted molar refractivity (Wildman–Crippen MR) is 121 cm³/mol. The first-order valence-corrected chi connectivity index (χ1v) is 11.0. The molecular formula is C23H25Cl2N3O2. The fourth-order valence-corrected chi connectivity index (χ4v) is 4.10. The van der Waals surface area contributed by atoms with Gasteiger partial charge in [-0.15, -0.1) is 0 Å². The van der Waals surface area contributed by atoms with Gasteiger partial charge in [-0.3, -0.25) is 4.79 Å². The van der Waals surface area contributed by atoms with E-state index in [-0.39, 0.29) is 5.91 Å². The van der Waals surface area contributed by atoms with Crippen LogP contribution in [0.2, 0.25) is 10.0 Å². The molecule has 0 radical (unpaired) electrons. The Hall–Kier alpha value is -2.24. The Kier molecular flexibility index (Phi) is 6.21. The van der Waals surface area contributed by atoms with Gasteiger partial charge in [0, 0.05) is 23.1 Å². The van der Waals surface area contributed by atoms with E-state index in [0.29, 0.717) is 40.4 Å². The highest BCUT2D eigenvalue weighted by molar-refractivity contribution is 6.31. The van der Waals surface area contributed by atoms with Crippen LogP contribution in [-0.4, -0.2) is 34.0 Å². The summed E-state index contributed by atoms with van der Waals surface area (Å²) in [6.07, 6.45) is 3.26.